The summed E-state index contributed by atoms with van der Waals surface area (Å²) in [6.07, 6.45) is -0.974. The third kappa shape index (κ3) is 2.65. The predicted molar refractivity (Wildman–Crippen MR) is 81.3 cm³/mol. The molecule has 2 aliphatic heterocycles. The average molecular weight is 331 g/mol. The van der Waals surface area contributed by atoms with E-state index < -0.39 is 24.1 Å². The van der Waals surface area contributed by atoms with Gasteiger partial charge in [0.1, 0.15) is 6.04 Å². The van der Waals surface area contributed by atoms with Crippen molar-refractivity contribution < 1.29 is 24.3 Å². The van der Waals surface area contributed by atoms with E-state index in [1.807, 2.05) is 0 Å². The van der Waals surface area contributed by atoms with Gasteiger partial charge in [-0.05, 0) is 12.0 Å². The quantitative estimate of drug-likeness (QED) is 0.650. The summed E-state index contributed by atoms with van der Waals surface area (Å²) in [6.45, 7) is 1.52. The molecule has 3 rings (SSSR count). The summed E-state index contributed by atoms with van der Waals surface area (Å²) >= 11 is 0. The van der Waals surface area contributed by atoms with Crippen LogP contribution < -0.4 is 10.6 Å². The summed E-state index contributed by atoms with van der Waals surface area (Å²) in [5.41, 5.74) is 1.26. The monoisotopic (exact) mass is 331 g/mol. The summed E-state index contributed by atoms with van der Waals surface area (Å²) in [7, 11) is 0. The highest BCUT2D eigenvalue weighted by Crippen LogP contribution is 2.36. The number of piperidine rings is 1. The average Bonchev–Trinajstić information content (AvgIpc) is 2.78. The normalized spacial score (nSPS) is 23.1. The van der Waals surface area contributed by atoms with E-state index in [1.165, 1.54) is 6.92 Å². The molecule has 1 aromatic carbocycles. The van der Waals surface area contributed by atoms with Crippen LogP contribution in [0.15, 0.2) is 18.2 Å². The maximum atomic E-state index is 12.8. The number of aliphatic hydroxyl groups excluding tert-OH is 1. The molecule has 1 aromatic rings. The number of imide groups is 1. The van der Waals surface area contributed by atoms with Gasteiger partial charge in [0.25, 0.3) is 5.91 Å². The molecule has 1 fully saturated rings. The molecule has 126 valence electrons. The molecule has 0 saturated carbocycles. The van der Waals surface area contributed by atoms with Crippen LogP contribution in [0.4, 0.5) is 0 Å². The lowest BCUT2D eigenvalue weighted by atomic mass is 10.0. The smallest absolute Gasteiger partial charge is 0.257 e. The number of nitrogens with one attached hydrogen (secondary N) is 2. The largest absolute Gasteiger partial charge is 0.369 e. The Hall–Kier alpha value is -2.74. The number of rotatable bonds is 3. The highest BCUT2D eigenvalue weighted by molar-refractivity contribution is 6.06. The molecule has 24 heavy (non-hydrogen) atoms. The highest BCUT2D eigenvalue weighted by Gasteiger charge is 2.45. The number of hydrogen-bond donors (Lipinski definition) is 3. The Morgan fingerprint density at radius 3 is 2.79 bits per heavy atom. The first-order chi connectivity index (χ1) is 11.4. The first-order valence-corrected chi connectivity index (χ1v) is 7.60. The molecule has 8 heteroatoms. The Bertz CT molecular complexity index is 745. The molecule has 0 bridgehead atoms. The van der Waals surface area contributed by atoms with E-state index in [1.54, 1.807) is 18.2 Å². The van der Waals surface area contributed by atoms with Gasteiger partial charge in [0.05, 0.1) is 5.56 Å². The van der Waals surface area contributed by atoms with Crippen LogP contribution in [-0.4, -0.2) is 39.7 Å². The molecule has 2 heterocycles. The molecule has 0 radical (unpaired) electrons. The van der Waals surface area contributed by atoms with Gasteiger partial charge in [-0.1, -0.05) is 18.2 Å². The number of nitrogens with zero attached hydrogens (tertiary/aromatic N) is 1. The lowest BCUT2D eigenvalue weighted by molar-refractivity contribution is -0.139. The third-order valence-corrected chi connectivity index (χ3v) is 4.25. The van der Waals surface area contributed by atoms with Gasteiger partial charge in [-0.3, -0.25) is 29.4 Å². The fraction of sp³-hybridized carbons (Fsp3) is 0.375. The number of carbonyl (C=O) groups excluding carboxylic acids is 4. The molecule has 0 spiro atoms. The van der Waals surface area contributed by atoms with Crippen LogP contribution in [0.5, 0.6) is 0 Å². The first-order valence-electron chi connectivity index (χ1n) is 7.60. The second-order valence-corrected chi connectivity index (χ2v) is 5.84. The van der Waals surface area contributed by atoms with Crippen molar-refractivity contribution in [1.82, 2.24) is 15.5 Å². The number of fused-ring (bicyclic) bond motifs is 1. The topological polar surface area (TPSA) is 116 Å². The Balaban J connectivity index is 1.92. The van der Waals surface area contributed by atoms with Gasteiger partial charge in [0, 0.05) is 25.5 Å². The Morgan fingerprint density at radius 1 is 1.38 bits per heavy atom. The standard InChI is InChI=1S/C16H17N3O5/c1-8(20)17-7-9-3-2-4-10-13(9)16(24)19(15(10)23)11-5-6-12(21)18-14(11)22/h2-4,11,15,23H,5-7H2,1H3,(H,17,20)(H,18,21,22). The zero-order valence-corrected chi connectivity index (χ0v) is 13.0. The number of benzene rings is 1. The van der Waals surface area contributed by atoms with Crippen LogP contribution in [0.1, 0.15) is 47.5 Å². The third-order valence-electron chi connectivity index (χ3n) is 4.25. The molecule has 1 saturated heterocycles. The van der Waals surface area contributed by atoms with E-state index in [2.05, 4.69) is 10.6 Å². The lowest BCUT2D eigenvalue weighted by Crippen LogP contribution is -2.53. The first kappa shape index (κ1) is 16.1. The van der Waals surface area contributed by atoms with Crippen LogP contribution in [0.2, 0.25) is 0 Å². The van der Waals surface area contributed by atoms with Crippen molar-refractivity contribution in [3.05, 3.63) is 34.9 Å². The fourth-order valence-electron chi connectivity index (χ4n) is 3.11. The number of amides is 4. The van der Waals surface area contributed by atoms with Gasteiger partial charge in [-0.2, -0.15) is 0 Å². The van der Waals surface area contributed by atoms with Crippen molar-refractivity contribution in [3.8, 4) is 0 Å². The van der Waals surface area contributed by atoms with Gasteiger partial charge in [0.15, 0.2) is 6.23 Å². The van der Waals surface area contributed by atoms with Crippen molar-refractivity contribution in [2.75, 3.05) is 0 Å². The van der Waals surface area contributed by atoms with E-state index in [0.29, 0.717) is 16.7 Å². The highest BCUT2D eigenvalue weighted by atomic mass is 16.3. The Labute approximate surface area is 137 Å². The van der Waals surface area contributed by atoms with E-state index in [-0.39, 0.29) is 31.2 Å². The molecule has 2 unspecified atom stereocenters. The minimum Gasteiger partial charge on any atom is -0.369 e. The van der Waals surface area contributed by atoms with Crippen molar-refractivity contribution in [1.29, 1.82) is 0 Å². The summed E-state index contributed by atoms with van der Waals surface area (Å²) in [4.78, 5) is 48.3. The van der Waals surface area contributed by atoms with Gasteiger partial charge >= 0.3 is 0 Å². The molecule has 4 amide bonds. The SMILES string of the molecule is CC(=O)NCc1cccc2c1C(=O)N(C1CCC(=O)NC1=O)C2O. The number of aliphatic hydroxyl groups is 1. The lowest BCUT2D eigenvalue weighted by Gasteiger charge is -2.31. The molecule has 2 aliphatic rings. The van der Waals surface area contributed by atoms with Gasteiger partial charge in [-0.15, -0.1) is 0 Å². The van der Waals surface area contributed by atoms with Crippen LogP contribution in [0.25, 0.3) is 0 Å². The second-order valence-electron chi connectivity index (χ2n) is 5.84. The summed E-state index contributed by atoms with van der Waals surface area (Å²) in [5, 5.41) is 15.3. The van der Waals surface area contributed by atoms with Crippen LogP contribution in [-0.2, 0) is 20.9 Å². The number of hydrogen-bond acceptors (Lipinski definition) is 5. The maximum Gasteiger partial charge on any atom is 0.257 e. The molecule has 8 nitrogen and oxygen atoms in total. The minimum absolute atomic E-state index is 0.113. The van der Waals surface area contributed by atoms with Gasteiger partial charge in [-0.25, -0.2) is 0 Å². The van der Waals surface area contributed by atoms with E-state index in [0.717, 1.165) is 4.90 Å². The minimum atomic E-state index is -1.26. The predicted octanol–water partition coefficient (Wildman–Crippen LogP) is -0.425. The summed E-state index contributed by atoms with van der Waals surface area (Å²) < 4.78 is 0. The van der Waals surface area contributed by atoms with Crippen LogP contribution in [0, 0.1) is 0 Å². The molecule has 2 atom stereocenters. The van der Waals surface area contributed by atoms with Crippen molar-refractivity contribution in [2.45, 2.75) is 38.6 Å². The molecule has 0 aromatic heterocycles. The Morgan fingerprint density at radius 2 is 2.12 bits per heavy atom. The maximum absolute atomic E-state index is 12.8. The molecule has 0 aliphatic carbocycles. The van der Waals surface area contributed by atoms with E-state index in [4.69, 9.17) is 0 Å². The summed E-state index contributed by atoms with van der Waals surface area (Å²) in [5.74, 6) is -1.69. The number of carbonyl (C=O) groups is 4. The fourth-order valence-corrected chi connectivity index (χ4v) is 3.11. The molecular formula is C16H17N3O5. The van der Waals surface area contributed by atoms with Gasteiger partial charge in [0.2, 0.25) is 17.7 Å². The van der Waals surface area contributed by atoms with Crippen LogP contribution in [0.3, 0.4) is 0 Å². The van der Waals surface area contributed by atoms with Crippen molar-refractivity contribution in [2.24, 2.45) is 0 Å². The second kappa shape index (κ2) is 6.04. The zero-order valence-electron chi connectivity index (χ0n) is 13.0. The van der Waals surface area contributed by atoms with Gasteiger partial charge < -0.3 is 10.4 Å². The molecular weight excluding hydrogens is 314 g/mol. The van der Waals surface area contributed by atoms with Crippen LogP contribution >= 0.6 is 0 Å². The Kier molecular flexibility index (Phi) is 4.06. The van der Waals surface area contributed by atoms with Crippen molar-refractivity contribution >= 4 is 23.6 Å². The molecule has 3 N–H and O–H groups in total. The van der Waals surface area contributed by atoms with E-state index in [9.17, 15) is 24.3 Å². The summed E-state index contributed by atoms with van der Waals surface area (Å²) in [6, 6.07) is 4.08. The zero-order chi connectivity index (χ0) is 17.4. The van der Waals surface area contributed by atoms with E-state index >= 15 is 0 Å². The van der Waals surface area contributed by atoms with Crippen molar-refractivity contribution in [3.63, 3.8) is 0 Å².